The van der Waals surface area contributed by atoms with Crippen molar-refractivity contribution in [3.63, 3.8) is 0 Å². The summed E-state index contributed by atoms with van der Waals surface area (Å²) in [7, 11) is 3.01. The molecule has 0 bridgehead atoms. The number of aliphatic hydroxyl groups excluding tert-OH is 4. The van der Waals surface area contributed by atoms with Crippen LogP contribution in [0.15, 0.2) is 101 Å². The lowest BCUT2D eigenvalue weighted by Gasteiger charge is -2.53. The number of carbonyl (C=O) groups is 2. The Balaban J connectivity index is 1.61. The van der Waals surface area contributed by atoms with E-state index in [-0.39, 0.29) is 24.1 Å². The summed E-state index contributed by atoms with van der Waals surface area (Å²) >= 11 is 0. The Morgan fingerprint density at radius 3 is 2.31 bits per heavy atom. The van der Waals surface area contributed by atoms with Gasteiger partial charge in [0.05, 0.1) is 30.3 Å². The Bertz CT molecular complexity index is 1860. The molecule has 58 heavy (non-hydrogen) atoms. The van der Waals surface area contributed by atoms with E-state index in [2.05, 4.69) is 5.32 Å². The first kappa shape index (κ1) is 48.1. The van der Waals surface area contributed by atoms with Crippen molar-refractivity contribution in [2.45, 2.75) is 110 Å². The minimum atomic E-state index is -2.34. The molecule has 14 nitrogen and oxygen atoms in total. The average molecular weight is 811 g/mol. The number of nitrogens with zero attached hydrogens (tertiary/aromatic N) is 1. The van der Waals surface area contributed by atoms with Gasteiger partial charge < -0.3 is 54.7 Å². The smallest absolute Gasteiger partial charge is 0.265 e. The zero-order valence-corrected chi connectivity index (χ0v) is 34.9. The Morgan fingerprint density at radius 2 is 1.67 bits per heavy atom. The summed E-state index contributed by atoms with van der Waals surface area (Å²) < 4.78 is 19.0. The van der Waals surface area contributed by atoms with E-state index in [0.717, 1.165) is 5.57 Å². The van der Waals surface area contributed by atoms with Crippen LogP contribution in [0.3, 0.4) is 0 Å². The lowest BCUT2D eigenvalue weighted by atomic mass is 9.71. The fourth-order valence-electron chi connectivity index (χ4n) is 7.27. The largest absolute Gasteiger partial charge is 0.507 e. The third kappa shape index (κ3) is 10.9. The number of nitrogens with one attached hydrogen (secondary N) is 1. The lowest BCUT2D eigenvalue weighted by molar-refractivity contribution is -0.359. The molecular weight excluding hydrogens is 748 g/mol. The zero-order chi connectivity index (χ0) is 43.5. The second-order valence-corrected chi connectivity index (χ2v) is 15.5. The van der Waals surface area contributed by atoms with Gasteiger partial charge >= 0.3 is 0 Å². The summed E-state index contributed by atoms with van der Waals surface area (Å²) in [6, 6.07) is 1.27. The van der Waals surface area contributed by atoms with Gasteiger partial charge in [-0.1, -0.05) is 101 Å². The van der Waals surface area contributed by atoms with E-state index < -0.39 is 94.9 Å². The van der Waals surface area contributed by atoms with Gasteiger partial charge in [0.2, 0.25) is 11.7 Å². The first-order valence-electron chi connectivity index (χ1n) is 19.5. The minimum Gasteiger partial charge on any atom is -0.507 e. The number of aryl methyl sites for hydroxylation is 1. The normalized spacial score (nSPS) is 29.9. The van der Waals surface area contributed by atoms with Crippen LogP contribution >= 0.6 is 0 Å². The molecule has 1 aromatic heterocycles. The highest BCUT2D eigenvalue weighted by molar-refractivity contribution is 6.09. The number of aromatic hydroxyl groups is 1. The van der Waals surface area contributed by atoms with Gasteiger partial charge in [-0.15, -0.1) is 0 Å². The van der Waals surface area contributed by atoms with E-state index in [1.165, 1.54) is 44.0 Å². The van der Waals surface area contributed by atoms with Crippen LogP contribution in [0.25, 0.3) is 0 Å². The van der Waals surface area contributed by atoms with Crippen molar-refractivity contribution in [2.24, 2.45) is 24.3 Å². The van der Waals surface area contributed by atoms with Gasteiger partial charge in [-0.25, -0.2) is 0 Å². The molecule has 11 atom stereocenters. The van der Waals surface area contributed by atoms with E-state index in [1.807, 2.05) is 26.8 Å². The highest BCUT2D eigenvalue weighted by Gasteiger charge is 2.60. The second kappa shape index (κ2) is 21.1. The molecule has 7 N–H and O–H groups in total. The van der Waals surface area contributed by atoms with Crippen LogP contribution in [0.4, 0.5) is 0 Å². The predicted molar refractivity (Wildman–Crippen MR) is 220 cm³/mol. The van der Waals surface area contributed by atoms with Crippen LogP contribution in [0.5, 0.6) is 5.75 Å². The molecule has 2 aliphatic rings. The number of hydrogen-bond donors (Lipinski definition) is 7. The van der Waals surface area contributed by atoms with Gasteiger partial charge in [-0.2, -0.15) is 0 Å². The number of Topliss-reactive ketones (excluding diaryl/α,β-unsaturated/α-hetero) is 1. The van der Waals surface area contributed by atoms with Crippen molar-refractivity contribution in [2.75, 3.05) is 13.7 Å². The molecule has 0 spiro atoms. The number of hydrogen-bond acceptors (Lipinski definition) is 12. The maximum absolute atomic E-state index is 13.3. The second-order valence-electron chi connectivity index (χ2n) is 15.5. The number of carbonyl (C=O) groups excluding carboxylic acids is 2. The number of pyridine rings is 1. The molecule has 320 valence electrons. The molecule has 2 fully saturated rings. The molecule has 1 amide bonds. The predicted octanol–water partition coefficient (Wildman–Crippen LogP) is 3.09. The summed E-state index contributed by atoms with van der Waals surface area (Å²) in [6.07, 6.45) is 13.0. The van der Waals surface area contributed by atoms with E-state index >= 15 is 0 Å². The molecule has 0 radical (unpaired) electrons. The number of aromatic nitrogens is 1. The maximum atomic E-state index is 13.3. The first-order valence-corrected chi connectivity index (χ1v) is 19.5. The molecule has 3 heterocycles. The summed E-state index contributed by atoms with van der Waals surface area (Å²) in [5.74, 6) is -5.51. The number of aliphatic hydroxyl groups is 5. The molecule has 0 aliphatic carbocycles. The number of ketones is 1. The van der Waals surface area contributed by atoms with Crippen molar-refractivity contribution < 1.29 is 54.4 Å². The van der Waals surface area contributed by atoms with Crippen molar-refractivity contribution in [3.8, 4) is 5.75 Å². The fourth-order valence-corrected chi connectivity index (χ4v) is 7.27. The van der Waals surface area contributed by atoms with Crippen LogP contribution in [0.2, 0.25) is 0 Å². The van der Waals surface area contributed by atoms with E-state index in [0.29, 0.717) is 0 Å². The summed E-state index contributed by atoms with van der Waals surface area (Å²) in [5, 5.41) is 68.0. The van der Waals surface area contributed by atoms with Gasteiger partial charge in [0.25, 0.3) is 5.56 Å². The molecule has 1 aromatic rings. The molecule has 14 heteroatoms. The van der Waals surface area contributed by atoms with E-state index in [9.17, 15) is 45.0 Å². The highest BCUT2D eigenvalue weighted by atomic mass is 16.7. The third-order valence-electron chi connectivity index (χ3n) is 11.0. The van der Waals surface area contributed by atoms with Gasteiger partial charge in [0, 0.05) is 38.2 Å². The molecule has 0 saturated carbocycles. The number of rotatable bonds is 17. The Hall–Kier alpha value is -4.25. The van der Waals surface area contributed by atoms with Gasteiger partial charge in [0.1, 0.15) is 35.7 Å². The Labute approximate surface area is 340 Å². The van der Waals surface area contributed by atoms with Crippen LogP contribution in [-0.4, -0.2) is 115 Å². The topological polar surface area (TPSA) is 217 Å². The molecule has 11 unspecified atom stereocenters. The number of amides is 1. The van der Waals surface area contributed by atoms with Crippen molar-refractivity contribution in [3.05, 3.63) is 112 Å². The monoisotopic (exact) mass is 810 g/mol. The fraction of sp³-hybridized carbons (Fsp3) is 0.523. The third-order valence-corrected chi connectivity index (χ3v) is 11.0. The van der Waals surface area contributed by atoms with Gasteiger partial charge in [-0.3, -0.25) is 14.4 Å². The highest BCUT2D eigenvalue weighted by Crippen LogP contribution is 2.44. The quantitative estimate of drug-likeness (QED) is 0.0687. The SMILES string of the molecule is C/C=C/C=C/C1OC(O)(C(CC)C(=O)NC/C=C/C=C(\C)C(OC)C(C)C2OC(/C=C/C=C/C=C(\C)C(=O)c3c(O)ccn(C)c3=O)C(O)C2O)C(O)C(O)C1(C)C. The standard InChI is InChI=1S/C44H62N2O12/c1-10-12-14-22-32-43(6,7)39(51)40(52)44(55,58-32)29(11-2)41(53)45-24-18-17-20-27(4)37(56-9)28(5)38-36(50)35(49)31(57-38)21-16-13-15-19-26(3)34(48)33-30(47)23-25-46(8)42(33)54/h10,12-23,25,28-29,31-32,35-40,47,49-52,55H,11,24H2,1-9H3,(H,45,53)/b12-10+,15-13+,18-17+,21-16+,22-14+,26-19+,27-20+. The summed E-state index contributed by atoms with van der Waals surface area (Å²) in [6.45, 7) is 12.2. The summed E-state index contributed by atoms with van der Waals surface area (Å²) in [5.41, 5.74) is -0.881. The Morgan fingerprint density at radius 1 is 1.00 bits per heavy atom. The molecule has 2 saturated heterocycles. The van der Waals surface area contributed by atoms with Crippen molar-refractivity contribution in [1.82, 2.24) is 9.88 Å². The van der Waals surface area contributed by atoms with Gasteiger partial charge in [-0.05, 0) is 44.4 Å². The lowest BCUT2D eigenvalue weighted by Crippen LogP contribution is -2.69. The number of ether oxygens (including phenoxy) is 3. The Kier molecular flexibility index (Phi) is 17.5. The molecule has 2 aliphatic heterocycles. The van der Waals surface area contributed by atoms with Crippen LogP contribution in [0, 0.1) is 17.3 Å². The van der Waals surface area contributed by atoms with Crippen molar-refractivity contribution >= 4 is 11.7 Å². The van der Waals surface area contributed by atoms with Crippen LogP contribution in [0.1, 0.15) is 65.2 Å². The summed E-state index contributed by atoms with van der Waals surface area (Å²) in [4.78, 5) is 38.4. The first-order chi connectivity index (χ1) is 27.3. The average Bonchev–Trinajstić information content (AvgIpc) is 3.46. The van der Waals surface area contributed by atoms with E-state index in [4.69, 9.17) is 14.2 Å². The minimum absolute atomic E-state index is 0.0818. The van der Waals surface area contributed by atoms with Crippen LogP contribution < -0.4 is 10.9 Å². The molecular formula is C44H62N2O12. The maximum Gasteiger partial charge on any atom is 0.265 e. The van der Waals surface area contributed by atoms with E-state index in [1.54, 1.807) is 81.5 Å². The van der Waals surface area contributed by atoms with Crippen LogP contribution in [-0.2, 0) is 26.1 Å². The van der Waals surface area contributed by atoms with Gasteiger partial charge in [0.15, 0.2) is 5.78 Å². The molecule has 0 aromatic carbocycles. The number of allylic oxidation sites excluding steroid dienone is 10. The van der Waals surface area contributed by atoms with Crippen molar-refractivity contribution in [1.29, 1.82) is 0 Å². The number of methoxy groups -OCH3 is 1. The molecule has 3 rings (SSSR count). The zero-order valence-electron chi connectivity index (χ0n) is 34.9.